The second-order valence-corrected chi connectivity index (χ2v) is 4.75. The number of hydrazone groups is 1. The molecule has 0 fully saturated rings. The van der Waals surface area contributed by atoms with Gasteiger partial charge in [-0.2, -0.15) is 5.10 Å². The molecule has 0 radical (unpaired) electrons. The summed E-state index contributed by atoms with van der Waals surface area (Å²) >= 11 is 0. The largest absolute Gasteiger partial charge is 0.271 e. The average molecular weight is 274 g/mol. The van der Waals surface area contributed by atoms with Crippen LogP contribution in [0, 0.1) is 10.1 Å². The summed E-state index contributed by atoms with van der Waals surface area (Å²) in [5.74, 6) is 0.920. The van der Waals surface area contributed by atoms with E-state index in [2.05, 4.69) is 15.5 Å². The molecule has 0 aromatic heterocycles. The van der Waals surface area contributed by atoms with Crippen molar-refractivity contribution in [2.45, 2.75) is 32.6 Å². The lowest BCUT2D eigenvalue weighted by Gasteiger charge is -2.05. The van der Waals surface area contributed by atoms with Gasteiger partial charge in [-0.3, -0.25) is 20.5 Å². The van der Waals surface area contributed by atoms with Crippen molar-refractivity contribution in [2.75, 3.05) is 6.54 Å². The molecule has 0 spiro atoms. The van der Waals surface area contributed by atoms with Gasteiger partial charge in [0.1, 0.15) is 5.84 Å². The lowest BCUT2D eigenvalue weighted by molar-refractivity contribution is -0.384. The minimum absolute atomic E-state index is 0.0858. The minimum Gasteiger partial charge on any atom is -0.271 e. The fraction of sp³-hybridized carbons (Fsp3) is 0.429. The summed E-state index contributed by atoms with van der Waals surface area (Å²) in [6.45, 7) is 2.72. The third-order valence-corrected chi connectivity index (χ3v) is 3.22. The third-order valence-electron chi connectivity index (χ3n) is 3.22. The van der Waals surface area contributed by atoms with Crippen LogP contribution in [-0.4, -0.2) is 23.0 Å². The zero-order chi connectivity index (χ0) is 14.4. The van der Waals surface area contributed by atoms with Crippen molar-refractivity contribution in [1.29, 1.82) is 0 Å². The maximum Gasteiger partial charge on any atom is 0.269 e. The number of amidine groups is 1. The van der Waals surface area contributed by atoms with Crippen LogP contribution in [0.1, 0.15) is 38.2 Å². The first-order valence-electron chi connectivity index (χ1n) is 6.75. The highest BCUT2D eigenvalue weighted by atomic mass is 16.6. The van der Waals surface area contributed by atoms with Crippen LogP contribution in [0.4, 0.5) is 5.69 Å². The fourth-order valence-electron chi connectivity index (χ4n) is 2.00. The van der Waals surface area contributed by atoms with Gasteiger partial charge in [0.05, 0.1) is 10.6 Å². The number of non-ortho nitro benzene ring substituents is 1. The Kier molecular flexibility index (Phi) is 4.81. The van der Waals surface area contributed by atoms with Crippen molar-refractivity contribution in [2.24, 2.45) is 10.1 Å². The Bertz CT molecular complexity index is 535. The zero-order valence-corrected chi connectivity index (χ0v) is 11.5. The molecule has 1 aliphatic rings. The molecule has 1 N–H and O–H groups in total. The van der Waals surface area contributed by atoms with Gasteiger partial charge in [0, 0.05) is 25.1 Å². The van der Waals surface area contributed by atoms with Crippen molar-refractivity contribution in [3.05, 3.63) is 39.9 Å². The highest BCUT2D eigenvalue weighted by Gasteiger charge is 2.06. The van der Waals surface area contributed by atoms with E-state index in [4.69, 9.17) is 0 Å². The van der Waals surface area contributed by atoms with Crippen LogP contribution in [0.3, 0.4) is 0 Å². The number of hydrogen-bond donors (Lipinski definition) is 1. The Labute approximate surface area is 117 Å². The van der Waals surface area contributed by atoms with Crippen LogP contribution in [0.25, 0.3) is 0 Å². The number of rotatable bonds is 3. The number of nitrogens with zero attached hydrogens (tertiary/aromatic N) is 3. The first-order chi connectivity index (χ1) is 9.66. The second-order valence-electron chi connectivity index (χ2n) is 4.75. The molecule has 0 saturated heterocycles. The molecule has 0 bridgehead atoms. The highest BCUT2D eigenvalue weighted by Crippen LogP contribution is 2.12. The molecule has 106 valence electrons. The van der Waals surface area contributed by atoms with Gasteiger partial charge >= 0.3 is 0 Å². The van der Waals surface area contributed by atoms with Gasteiger partial charge in [0.15, 0.2) is 0 Å². The van der Waals surface area contributed by atoms with Gasteiger partial charge < -0.3 is 0 Å². The van der Waals surface area contributed by atoms with Crippen LogP contribution in [-0.2, 0) is 0 Å². The molecule has 1 aromatic carbocycles. The molecule has 0 saturated carbocycles. The van der Waals surface area contributed by atoms with Gasteiger partial charge in [0.2, 0.25) is 0 Å². The first-order valence-corrected chi connectivity index (χ1v) is 6.75. The van der Waals surface area contributed by atoms with E-state index in [0.29, 0.717) is 0 Å². The summed E-state index contributed by atoms with van der Waals surface area (Å²) in [6.07, 6.45) is 4.41. The fourth-order valence-corrected chi connectivity index (χ4v) is 2.00. The Morgan fingerprint density at radius 1 is 1.30 bits per heavy atom. The first kappa shape index (κ1) is 14.2. The molecule has 1 aromatic rings. The van der Waals surface area contributed by atoms with Crippen LogP contribution in [0.5, 0.6) is 0 Å². The molecular weight excluding hydrogens is 256 g/mol. The van der Waals surface area contributed by atoms with E-state index in [-0.39, 0.29) is 5.69 Å². The molecule has 1 aliphatic heterocycles. The Morgan fingerprint density at radius 3 is 2.75 bits per heavy atom. The number of aliphatic imine (C=N–C) groups is 1. The molecule has 0 atom stereocenters. The summed E-state index contributed by atoms with van der Waals surface area (Å²) in [4.78, 5) is 14.6. The molecule has 6 heteroatoms. The van der Waals surface area contributed by atoms with Crippen molar-refractivity contribution in [1.82, 2.24) is 5.43 Å². The smallest absolute Gasteiger partial charge is 0.269 e. The van der Waals surface area contributed by atoms with Crippen molar-refractivity contribution >= 4 is 17.2 Å². The van der Waals surface area contributed by atoms with Crippen molar-refractivity contribution < 1.29 is 4.92 Å². The van der Waals surface area contributed by atoms with Gasteiger partial charge in [-0.1, -0.05) is 6.42 Å². The van der Waals surface area contributed by atoms with E-state index in [9.17, 15) is 10.1 Å². The van der Waals surface area contributed by atoms with Gasteiger partial charge in [0.25, 0.3) is 5.69 Å². The second kappa shape index (κ2) is 6.79. The SMILES string of the molecule is C/C(=N/NC1=NCCCCC1)c1ccc([N+](=O)[O-])cc1. The Balaban J connectivity index is 2.02. The quantitative estimate of drug-likeness (QED) is 0.523. The number of benzene rings is 1. The minimum atomic E-state index is -0.408. The zero-order valence-electron chi connectivity index (χ0n) is 11.5. The third kappa shape index (κ3) is 3.88. The topological polar surface area (TPSA) is 79.9 Å². The maximum atomic E-state index is 10.6. The molecule has 0 amide bonds. The molecule has 20 heavy (non-hydrogen) atoms. The Hall–Kier alpha value is -2.24. The highest BCUT2D eigenvalue weighted by molar-refractivity contribution is 5.99. The van der Waals surface area contributed by atoms with E-state index in [1.807, 2.05) is 6.92 Å². The number of nitro benzene ring substituents is 1. The normalized spacial score (nSPS) is 16.2. The maximum absolute atomic E-state index is 10.6. The lowest BCUT2D eigenvalue weighted by Crippen LogP contribution is -2.19. The summed E-state index contributed by atoms with van der Waals surface area (Å²) in [7, 11) is 0. The predicted octanol–water partition coefficient (Wildman–Crippen LogP) is 2.88. The van der Waals surface area contributed by atoms with E-state index in [1.54, 1.807) is 12.1 Å². The standard InChI is InChI=1S/C14H18N4O2/c1-11(12-6-8-13(9-7-12)18(19)20)16-17-14-5-3-2-4-10-15-14/h6-9H,2-5,10H2,1H3,(H,15,17)/b16-11-. The molecule has 0 aliphatic carbocycles. The number of hydrogen-bond acceptors (Lipinski definition) is 5. The van der Waals surface area contributed by atoms with Crippen molar-refractivity contribution in [3.63, 3.8) is 0 Å². The van der Waals surface area contributed by atoms with E-state index < -0.39 is 4.92 Å². The van der Waals surface area contributed by atoms with Gasteiger partial charge in [-0.25, -0.2) is 0 Å². The summed E-state index contributed by atoms with van der Waals surface area (Å²) < 4.78 is 0. The summed E-state index contributed by atoms with van der Waals surface area (Å²) in [6, 6.07) is 6.37. The average Bonchev–Trinajstić information content (AvgIpc) is 2.73. The van der Waals surface area contributed by atoms with Gasteiger partial charge in [-0.05, 0) is 37.5 Å². The summed E-state index contributed by atoms with van der Waals surface area (Å²) in [5, 5.41) is 14.9. The molecule has 1 heterocycles. The van der Waals surface area contributed by atoms with Crippen LogP contribution < -0.4 is 5.43 Å². The van der Waals surface area contributed by atoms with Crippen LogP contribution >= 0.6 is 0 Å². The lowest BCUT2D eigenvalue weighted by atomic mass is 10.1. The van der Waals surface area contributed by atoms with Crippen molar-refractivity contribution in [3.8, 4) is 0 Å². The predicted molar refractivity (Wildman–Crippen MR) is 79.2 cm³/mol. The van der Waals surface area contributed by atoms with Crippen LogP contribution in [0.2, 0.25) is 0 Å². The Morgan fingerprint density at radius 2 is 2.05 bits per heavy atom. The summed E-state index contributed by atoms with van der Waals surface area (Å²) in [5.41, 5.74) is 4.73. The number of nitro groups is 1. The van der Waals surface area contributed by atoms with E-state index >= 15 is 0 Å². The monoisotopic (exact) mass is 274 g/mol. The van der Waals surface area contributed by atoms with Gasteiger partial charge in [-0.15, -0.1) is 0 Å². The molecule has 6 nitrogen and oxygen atoms in total. The molecular formula is C14H18N4O2. The number of nitrogens with one attached hydrogen (secondary N) is 1. The van der Waals surface area contributed by atoms with Crippen LogP contribution in [0.15, 0.2) is 34.4 Å². The molecule has 0 unspecified atom stereocenters. The molecule has 2 rings (SSSR count). The van der Waals surface area contributed by atoms with E-state index in [0.717, 1.165) is 42.9 Å². The van der Waals surface area contributed by atoms with E-state index in [1.165, 1.54) is 18.6 Å².